The molecule has 0 bridgehead atoms. The first-order valence-corrected chi connectivity index (χ1v) is 4.90. The van der Waals surface area contributed by atoms with Crippen LogP contribution in [-0.2, 0) is 6.54 Å². The lowest BCUT2D eigenvalue weighted by atomic mass is 10.2. The van der Waals surface area contributed by atoms with Gasteiger partial charge in [-0.15, -0.1) is 10.2 Å². The fraction of sp³-hybridized carbons (Fsp3) is 0.300. The number of hydrogen-bond donors (Lipinski definition) is 1. The van der Waals surface area contributed by atoms with E-state index in [1.165, 1.54) is 0 Å². The van der Waals surface area contributed by atoms with Crippen molar-refractivity contribution in [1.29, 1.82) is 0 Å². The maximum Gasteiger partial charge on any atom is 0.165 e. The highest BCUT2D eigenvalue weighted by molar-refractivity contribution is 5.58. The molecule has 78 valence electrons. The molecule has 0 aliphatic carbocycles. The first kappa shape index (κ1) is 9.64. The van der Waals surface area contributed by atoms with Crippen molar-refractivity contribution < 1.29 is 0 Å². The number of anilines is 1. The van der Waals surface area contributed by atoms with E-state index in [-0.39, 0.29) is 0 Å². The van der Waals surface area contributed by atoms with Crippen LogP contribution >= 0.6 is 0 Å². The smallest absolute Gasteiger partial charge is 0.165 e. The minimum absolute atomic E-state index is 0.638. The average Bonchev–Trinajstić information content (AvgIpc) is 2.66. The zero-order valence-electron chi connectivity index (χ0n) is 8.59. The maximum absolute atomic E-state index is 5.67. The molecule has 2 aromatic rings. The van der Waals surface area contributed by atoms with Crippen LogP contribution in [0.5, 0.6) is 0 Å². The van der Waals surface area contributed by atoms with Gasteiger partial charge in [-0.05, 0) is 12.5 Å². The van der Waals surface area contributed by atoms with Gasteiger partial charge in [-0.2, -0.15) is 0 Å². The van der Waals surface area contributed by atoms with E-state index in [9.17, 15) is 0 Å². The second-order valence-electron chi connectivity index (χ2n) is 3.35. The SMILES string of the molecule is CCCn1cnnc1-c1cncc(N)c1. The first-order valence-electron chi connectivity index (χ1n) is 4.90. The normalized spacial score (nSPS) is 10.5. The molecule has 2 N–H and O–H groups in total. The van der Waals surface area contributed by atoms with E-state index in [2.05, 4.69) is 22.1 Å². The fourth-order valence-corrected chi connectivity index (χ4v) is 1.46. The van der Waals surface area contributed by atoms with Crippen LogP contribution in [0.15, 0.2) is 24.8 Å². The van der Waals surface area contributed by atoms with Crippen molar-refractivity contribution in [3.63, 3.8) is 0 Å². The molecule has 2 heterocycles. The third kappa shape index (κ3) is 1.96. The van der Waals surface area contributed by atoms with Gasteiger partial charge in [0.15, 0.2) is 5.82 Å². The molecule has 2 rings (SSSR count). The van der Waals surface area contributed by atoms with Gasteiger partial charge in [0, 0.05) is 24.5 Å². The number of pyridine rings is 1. The lowest BCUT2D eigenvalue weighted by Gasteiger charge is -2.04. The van der Waals surface area contributed by atoms with E-state index in [1.54, 1.807) is 18.7 Å². The Hall–Kier alpha value is -1.91. The van der Waals surface area contributed by atoms with Crippen molar-refractivity contribution in [2.24, 2.45) is 0 Å². The van der Waals surface area contributed by atoms with Crippen LogP contribution in [-0.4, -0.2) is 19.7 Å². The summed E-state index contributed by atoms with van der Waals surface area (Å²) in [5.74, 6) is 0.816. The number of nitrogens with zero attached hydrogens (tertiary/aromatic N) is 4. The van der Waals surface area contributed by atoms with Gasteiger partial charge >= 0.3 is 0 Å². The first-order chi connectivity index (χ1) is 7.31. The van der Waals surface area contributed by atoms with Crippen molar-refractivity contribution >= 4 is 5.69 Å². The number of nitrogens with two attached hydrogens (primary N) is 1. The summed E-state index contributed by atoms with van der Waals surface area (Å²) in [7, 11) is 0. The third-order valence-corrected chi connectivity index (χ3v) is 2.10. The minimum Gasteiger partial charge on any atom is -0.397 e. The predicted octanol–water partition coefficient (Wildman–Crippen LogP) is 1.33. The number of rotatable bonds is 3. The lowest BCUT2D eigenvalue weighted by Crippen LogP contribution is -1.99. The Bertz CT molecular complexity index is 449. The number of hydrogen-bond acceptors (Lipinski definition) is 4. The molecule has 0 aliphatic heterocycles. The molecule has 0 atom stereocenters. The molecule has 0 radical (unpaired) electrons. The molecule has 0 fully saturated rings. The molecule has 5 heteroatoms. The molecular weight excluding hydrogens is 190 g/mol. The van der Waals surface area contributed by atoms with E-state index in [1.807, 2.05) is 10.6 Å². The van der Waals surface area contributed by atoms with Gasteiger partial charge in [-0.3, -0.25) is 4.98 Å². The molecule has 0 unspecified atom stereocenters. The molecule has 0 saturated heterocycles. The highest BCUT2D eigenvalue weighted by Crippen LogP contribution is 2.17. The average molecular weight is 203 g/mol. The van der Waals surface area contributed by atoms with Gasteiger partial charge in [0.2, 0.25) is 0 Å². The highest BCUT2D eigenvalue weighted by Gasteiger charge is 2.06. The Morgan fingerprint density at radius 2 is 2.27 bits per heavy atom. The summed E-state index contributed by atoms with van der Waals surface area (Å²) in [6.07, 6.45) is 6.12. The van der Waals surface area contributed by atoms with E-state index < -0.39 is 0 Å². The third-order valence-electron chi connectivity index (χ3n) is 2.10. The van der Waals surface area contributed by atoms with Gasteiger partial charge < -0.3 is 10.3 Å². The Balaban J connectivity index is 2.40. The molecule has 2 aromatic heterocycles. The monoisotopic (exact) mass is 203 g/mol. The van der Waals surface area contributed by atoms with Crippen molar-refractivity contribution in [3.05, 3.63) is 24.8 Å². The molecule has 0 spiro atoms. The second kappa shape index (κ2) is 4.08. The van der Waals surface area contributed by atoms with Crippen LogP contribution in [0.1, 0.15) is 13.3 Å². The summed E-state index contributed by atoms with van der Waals surface area (Å²) in [4.78, 5) is 4.04. The summed E-state index contributed by atoms with van der Waals surface area (Å²) in [5, 5.41) is 7.95. The number of aryl methyl sites for hydroxylation is 1. The van der Waals surface area contributed by atoms with Gasteiger partial charge in [-0.25, -0.2) is 0 Å². The van der Waals surface area contributed by atoms with E-state index in [0.717, 1.165) is 24.4 Å². The Morgan fingerprint density at radius 1 is 1.40 bits per heavy atom. The van der Waals surface area contributed by atoms with Gasteiger partial charge in [0.05, 0.1) is 5.69 Å². The van der Waals surface area contributed by atoms with Crippen LogP contribution in [0, 0.1) is 0 Å². The van der Waals surface area contributed by atoms with Crippen molar-refractivity contribution in [2.45, 2.75) is 19.9 Å². The second-order valence-corrected chi connectivity index (χ2v) is 3.35. The van der Waals surface area contributed by atoms with Crippen molar-refractivity contribution in [2.75, 3.05) is 5.73 Å². The van der Waals surface area contributed by atoms with Gasteiger partial charge in [-0.1, -0.05) is 6.92 Å². The predicted molar refractivity (Wildman–Crippen MR) is 58.0 cm³/mol. The zero-order valence-corrected chi connectivity index (χ0v) is 8.59. The molecule has 5 nitrogen and oxygen atoms in total. The van der Waals surface area contributed by atoms with Crippen LogP contribution in [0.3, 0.4) is 0 Å². The Kier molecular flexibility index (Phi) is 2.62. The largest absolute Gasteiger partial charge is 0.397 e. The van der Waals surface area contributed by atoms with E-state index >= 15 is 0 Å². The van der Waals surface area contributed by atoms with Crippen LogP contribution in [0.25, 0.3) is 11.4 Å². The number of aromatic nitrogens is 4. The summed E-state index contributed by atoms with van der Waals surface area (Å²) in [6, 6.07) is 1.85. The molecule has 15 heavy (non-hydrogen) atoms. The summed E-state index contributed by atoms with van der Waals surface area (Å²) < 4.78 is 2.00. The zero-order chi connectivity index (χ0) is 10.7. The standard InChI is InChI=1S/C10H13N5/c1-2-3-15-7-13-14-10(15)8-4-9(11)6-12-5-8/h4-7H,2-3,11H2,1H3. The molecule has 0 aromatic carbocycles. The molecular formula is C10H13N5. The topological polar surface area (TPSA) is 69.6 Å². The quantitative estimate of drug-likeness (QED) is 0.817. The van der Waals surface area contributed by atoms with Crippen LogP contribution < -0.4 is 5.73 Å². The Morgan fingerprint density at radius 3 is 3.00 bits per heavy atom. The summed E-state index contributed by atoms with van der Waals surface area (Å²) in [6.45, 7) is 3.01. The lowest BCUT2D eigenvalue weighted by molar-refractivity contribution is 0.682. The van der Waals surface area contributed by atoms with Crippen LogP contribution in [0.2, 0.25) is 0 Å². The van der Waals surface area contributed by atoms with E-state index in [4.69, 9.17) is 5.73 Å². The minimum atomic E-state index is 0.638. The fourth-order valence-electron chi connectivity index (χ4n) is 1.46. The van der Waals surface area contributed by atoms with Crippen molar-refractivity contribution in [1.82, 2.24) is 19.7 Å². The van der Waals surface area contributed by atoms with Gasteiger partial charge in [0.25, 0.3) is 0 Å². The number of nitrogen functional groups attached to an aromatic ring is 1. The summed E-state index contributed by atoms with van der Waals surface area (Å²) >= 11 is 0. The highest BCUT2D eigenvalue weighted by atomic mass is 15.3. The molecule has 0 aliphatic rings. The van der Waals surface area contributed by atoms with Crippen LogP contribution in [0.4, 0.5) is 5.69 Å². The molecule has 0 saturated carbocycles. The van der Waals surface area contributed by atoms with Crippen molar-refractivity contribution in [3.8, 4) is 11.4 Å². The Labute approximate surface area is 88.0 Å². The molecule has 0 amide bonds. The van der Waals surface area contributed by atoms with Gasteiger partial charge in [0.1, 0.15) is 6.33 Å². The summed E-state index contributed by atoms with van der Waals surface area (Å²) in [5.41, 5.74) is 7.21. The van der Waals surface area contributed by atoms with E-state index in [0.29, 0.717) is 5.69 Å². The maximum atomic E-state index is 5.67.